The summed E-state index contributed by atoms with van der Waals surface area (Å²) in [5.74, 6) is -4.12. The summed E-state index contributed by atoms with van der Waals surface area (Å²) in [6, 6.07) is 20.5. The molecule has 15 nitrogen and oxygen atoms in total. The number of ether oxygens (including phenoxy) is 1. The van der Waals surface area contributed by atoms with Crippen molar-refractivity contribution in [3.05, 3.63) is 89.7 Å². The minimum absolute atomic E-state index is 0.0357. The Balaban J connectivity index is 1.70. The van der Waals surface area contributed by atoms with Gasteiger partial charge in [-0.25, -0.2) is 15.0 Å². The first kappa shape index (κ1) is 34.0. The predicted octanol–water partition coefficient (Wildman–Crippen LogP) is 2.31. The van der Waals surface area contributed by atoms with Gasteiger partial charge >= 0.3 is 23.9 Å². The molecule has 244 valence electrons. The maximum atomic E-state index is 11.3. The number of pyridine rings is 3. The third kappa shape index (κ3) is 10.9. The Morgan fingerprint density at radius 2 is 1.02 bits per heavy atom. The van der Waals surface area contributed by atoms with Gasteiger partial charge in [0, 0.05) is 18.8 Å². The smallest absolute Gasteiger partial charge is 0.317 e. The van der Waals surface area contributed by atoms with E-state index in [1.807, 2.05) is 0 Å². The number of nitrogens with zero attached hydrogens (tertiary/aromatic N) is 5. The van der Waals surface area contributed by atoms with E-state index >= 15 is 0 Å². The molecule has 6 N–H and O–H groups in total. The summed E-state index contributed by atoms with van der Waals surface area (Å²) in [7, 11) is 0. The molecule has 0 spiro atoms. The topological polar surface area (TPSA) is 230 Å². The normalized spacial score (nSPS) is 11.0. The summed E-state index contributed by atoms with van der Waals surface area (Å²) in [4.78, 5) is 61.7. The van der Waals surface area contributed by atoms with Crippen LogP contribution in [-0.4, -0.2) is 95.2 Å². The van der Waals surface area contributed by atoms with Gasteiger partial charge in [0.25, 0.3) is 0 Å². The Morgan fingerprint density at radius 1 is 0.596 bits per heavy atom. The molecule has 0 amide bonds. The molecule has 0 saturated carbocycles. The molecule has 3 heterocycles. The van der Waals surface area contributed by atoms with Crippen molar-refractivity contribution in [1.29, 1.82) is 0 Å². The Bertz CT molecular complexity index is 1620. The zero-order chi connectivity index (χ0) is 33.9. The Morgan fingerprint density at radius 3 is 1.43 bits per heavy atom. The Kier molecular flexibility index (Phi) is 11.5. The molecule has 0 atom stereocenters. The summed E-state index contributed by atoms with van der Waals surface area (Å²) in [6.07, 6.45) is 0. The second-order valence-electron chi connectivity index (χ2n) is 10.5. The van der Waals surface area contributed by atoms with Gasteiger partial charge in [0.1, 0.15) is 12.4 Å². The fourth-order valence-electron chi connectivity index (χ4n) is 4.64. The molecule has 15 heteroatoms. The minimum atomic E-state index is -1.17. The molecule has 0 radical (unpaired) electrons. The number of rotatable bonds is 17. The third-order valence-corrected chi connectivity index (χ3v) is 6.52. The van der Waals surface area contributed by atoms with Gasteiger partial charge in [-0.05, 0) is 66.2 Å². The van der Waals surface area contributed by atoms with Crippen LogP contribution in [0.25, 0.3) is 22.8 Å². The molecule has 0 aliphatic heterocycles. The Hall–Kier alpha value is -5.93. The standard InChI is InChI=1S/C32H32N6O9/c33-21-7-9-24(10-8-21)47-19-20-11-27(25-5-1-3-22(34-25)13-37(15-29(39)40)16-30(41)42)36-28(12-20)26-6-2-4-23(35-26)14-38(17-31(43)44)18-32(45)46/h1-12H,13-19,33H2,(H,39,40)(H,41,42)(H,43,44)(H,45,46). The molecule has 4 aromatic rings. The van der Waals surface area contributed by atoms with E-state index in [0.717, 1.165) is 0 Å². The highest BCUT2D eigenvalue weighted by atomic mass is 16.5. The molecular weight excluding hydrogens is 612 g/mol. The van der Waals surface area contributed by atoms with E-state index < -0.39 is 50.1 Å². The van der Waals surface area contributed by atoms with Gasteiger partial charge in [-0.3, -0.25) is 29.0 Å². The van der Waals surface area contributed by atoms with Crippen LogP contribution in [0.15, 0.2) is 72.8 Å². The second kappa shape index (κ2) is 15.9. The van der Waals surface area contributed by atoms with Crippen molar-refractivity contribution in [2.75, 3.05) is 31.9 Å². The lowest BCUT2D eigenvalue weighted by Crippen LogP contribution is -2.34. The summed E-state index contributed by atoms with van der Waals surface area (Å²) in [6.45, 7) is -1.90. The van der Waals surface area contributed by atoms with Crippen molar-refractivity contribution in [1.82, 2.24) is 24.8 Å². The minimum Gasteiger partial charge on any atom is -0.489 e. The van der Waals surface area contributed by atoms with Crippen molar-refractivity contribution in [3.8, 4) is 28.5 Å². The predicted molar refractivity (Wildman–Crippen MR) is 167 cm³/mol. The van der Waals surface area contributed by atoms with Crippen molar-refractivity contribution in [3.63, 3.8) is 0 Å². The fourth-order valence-corrected chi connectivity index (χ4v) is 4.64. The number of aromatic nitrogens is 3. The summed E-state index contributed by atoms with van der Waals surface area (Å²) in [5.41, 5.74) is 9.61. The highest BCUT2D eigenvalue weighted by Gasteiger charge is 2.18. The number of nitrogens with two attached hydrogens (primary N) is 1. The number of aliphatic carboxylic acids is 4. The summed E-state index contributed by atoms with van der Waals surface area (Å²) < 4.78 is 5.97. The van der Waals surface area contributed by atoms with Crippen LogP contribution in [0, 0.1) is 0 Å². The van der Waals surface area contributed by atoms with Crippen LogP contribution in [0.2, 0.25) is 0 Å². The lowest BCUT2D eigenvalue weighted by Gasteiger charge is -2.18. The number of hydrogen-bond acceptors (Lipinski definition) is 11. The first-order valence-corrected chi connectivity index (χ1v) is 14.2. The van der Waals surface area contributed by atoms with Gasteiger partial charge in [-0.15, -0.1) is 0 Å². The number of carboxylic acid groups (broad SMARTS) is 4. The van der Waals surface area contributed by atoms with Crippen LogP contribution < -0.4 is 10.5 Å². The summed E-state index contributed by atoms with van der Waals surface area (Å²) in [5, 5.41) is 36.9. The molecule has 0 aliphatic rings. The van der Waals surface area contributed by atoms with Crippen molar-refractivity contribution in [2.45, 2.75) is 19.7 Å². The summed E-state index contributed by atoms with van der Waals surface area (Å²) >= 11 is 0. The number of benzene rings is 1. The quantitative estimate of drug-likeness (QED) is 0.104. The highest BCUT2D eigenvalue weighted by molar-refractivity contribution is 5.73. The van der Waals surface area contributed by atoms with Gasteiger partial charge in [0.15, 0.2) is 0 Å². The van der Waals surface area contributed by atoms with Crippen molar-refractivity contribution in [2.24, 2.45) is 0 Å². The zero-order valence-electron chi connectivity index (χ0n) is 25.0. The second-order valence-corrected chi connectivity index (χ2v) is 10.5. The van der Waals surface area contributed by atoms with Gasteiger partial charge in [0.2, 0.25) is 0 Å². The molecule has 47 heavy (non-hydrogen) atoms. The van der Waals surface area contributed by atoms with Crippen LogP contribution in [0.5, 0.6) is 5.75 Å². The van der Waals surface area contributed by atoms with Gasteiger partial charge in [0.05, 0.1) is 60.3 Å². The molecule has 0 aliphatic carbocycles. The molecular formula is C32H32N6O9. The lowest BCUT2D eigenvalue weighted by atomic mass is 10.1. The fraction of sp³-hybridized carbons (Fsp3) is 0.219. The van der Waals surface area contributed by atoms with Gasteiger partial charge in [-0.1, -0.05) is 12.1 Å². The van der Waals surface area contributed by atoms with Crippen LogP contribution in [0.4, 0.5) is 5.69 Å². The number of carbonyl (C=O) groups is 4. The average Bonchev–Trinajstić information content (AvgIpc) is 2.99. The number of carboxylic acids is 4. The van der Waals surface area contributed by atoms with E-state index in [1.54, 1.807) is 72.8 Å². The molecule has 0 bridgehead atoms. The average molecular weight is 645 g/mol. The van der Waals surface area contributed by atoms with Crippen molar-refractivity contribution >= 4 is 29.6 Å². The number of anilines is 1. The third-order valence-electron chi connectivity index (χ3n) is 6.52. The van der Waals surface area contributed by atoms with E-state index in [9.17, 15) is 39.6 Å². The molecule has 1 aromatic carbocycles. The van der Waals surface area contributed by atoms with Crippen molar-refractivity contribution < 1.29 is 44.3 Å². The van der Waals surface area contributed by atoms with Crippen LogP contribution >= 0.6 is 0 Å². The maximum Gasteiger partial charge on any atom is 0.317 e. The molecule has 0 saturated heterocycles. The first-order valence-electron chi connectivity index (χ1n) is 14.2. The van der Waals surface area contributed by atoms with Gasteiger partial charge < -0.3 is 30.9 Å². The van der Waals surface area contributed by atoms with Gasteiger partial charge in [-0.2, -0.15) is 0 Å². The first-order chi connectivity index (χ1) is 22.4. The van der Waals surface area contributed by atoms with E-state index in [2.05, 4.69) is 9.97 Å². The number of hydrogen-bond donors (Lipinski definition) is 5. The van der Waals surface area contributed by atoms with Crippen LogP contribution in [0.1, 0.15) is 17.0 Å². The largest absolute Gasteiger partial charge is 0.489 e. The van der Waals surface area contributed by atoms with E-state index in [0.29, 0.717) is 51.2 Å². The van der Waals surface area contributed by atoms with Crippen LogP contribution in [-0.2, 0) is 38.9 Å². The zero-order valence-corrected chi connectivity index (χ0v) is 25.0. The molecule has 4 rings (SSSR count). The lowest BCUT2D eigenvalue weighted by molar-refractivity contribution is -0.144. The van der Waals surface area contributed by atoms with E-state index in [4.69, 9.17) is 15.5 Å². The molecule has 0 fully saturated rings. The molecule has 0 unspecified atom stereocenters. The Labute approximate surface area is 268 Å². The van der Waals surface area contributed by atoms with E-state index in [-0.39, 0.29) is 19.7 Å². The highest BCUT2D eigenvalue weighted by Crippen LogP contribution is 2.25. The number of nitrogen functional groups attached to an aromatic ring is 1. The monoisotopic (exact) mass is 644 g/mol. The van der Waals surface area contributed by atoms with E-state index in [1.165, 1.54) is 9.80 Å². The molecule has 3 aromatic heterocycles. The maximum absolute atomic E-state index is 11.3. The van der Waals surface area contributed by atoms with Crippen LogP contribution in [0.3, 0.4) is 0 Å². The SMILES string of the molecule is Nc1ccc(OCc2cc(-c3cccc(CN(CC(=O)O)CC(=O)O)n3)nc(-c3cccc(CN(CC(=O)O)CC(=O)O)n3)c2)cc1.